The Kier molecular flexibility index (Phi) is 4.54. The number of alkyl halides is 3. The van der Waals surface area contributed by atoms with Gasteiger partial charge in [-0.3, -0.25) is 14.4 Å². The second kappa shape index (κ2) is 7.04. The molecule has 0 aromatic carbocycles. The Balaban J connectivity index is 1.55. The molecule has 0 aliphatic carbocycles. The van der Waals surface area contributed by atoms with Crippen LogP contribution in [0.5, 0.6) is 0 Å². The molecule has 2 saturated heterocycles. The van der Waals surface area contributed by atoms with E-state index in [0.29, 0.717) is 34.9 Å². The maximum atomic E-state index is 13.8. The average Bonchev–Trinajstić information content (AvgIpc) is 3.42. The Morgan fingerprint density at radius 3 is 2.68 bits per heavy atom. The first kappa shape index (κ1) is 20.0. The molecule has 0 spiro atoms. The lowest BCUT2D eigenvalue weighted by Crippen LogP contribution is -2.52. The fraction of sp³-hybridized carbons (Fsp3) is 0.500. The van der Waals surface area contributed by atoms with Crippen LogP contribution in [0.4, 0.5) is 13.2 Å². The second-order valence-corrected chi connectivity index (χ2v) is 8.21. The van der Waals surface area contributed by atoms with E-state index in [1.165, 1.54) is 10.7 Å². The number of fused-ring (bicyclic) bond motifs is 2. The summed E-state index contributed by atoms with van der Waals surface area (Å²) >= 11 is 0. The number of carbonyl (C=O) groups excluding carboxylic acids is 1. The van der Waals surface area contributed by atoms with E-state index < -0.39 is 11.9 Å². The van der Waals surface area contributed by atoms with Crippen molar-refractivity contribution in [3.63, 3.8) is 0 Å². The number of hydrogen-bond donors (Lipinski definition) is 0. The first-order chi connectivity index (χ1) is 14.7. The molecule has 2 aliphatic heterocycles. The Labute approximate surface area is 176 Å². The van der Waals surface area contributed by atoms with Crippen LogP contribution in [0, 0.1) is 6.92 Å². The number of hydrogen-bond acceptors (Lipinski definition) is 5. The van der Waals surface area contributed by atoms with Gasteiger partial charge in [-0.2, -0.15) is 23.4 Å². The fourth-order valence-corrected chi connectivity index (χ4v) is 4.61. The summed E-state index contributed by atoms with van der Waals surface area (Å²) in [7, 11) is 1.69. The Morgan fingerprint density at radius 1 is 1.16 bits per heavy atom. The molecule has 0 unspecified atom stereocenters. The SMILES string of the molecule is Cc1nn(C)cc1-c1cc(C(F)(F)F)n2nc(C(=O)N3CCN4CCC[C@@H]4C3)cc2n1. The third-order valence-electron chi connectivity index (χ3n) is 6.10. The molecule has 8 nitrogen and oxygen atoms in total. The normalized spacial score (nSPS) is 19.9. The second-order valence-electron chi connectivity index (χ2n) is 8.21. The molecular formula is C20H22F3N7O. The number of amides is 1. The standard InChI is InChI=1S/C20H22F3N7O/c1-12-14(11-27(2)25-12)15-8-17(20(21,22)23)30-18(24-15)9-16(26-30)19(31)29-7-6-28-5-3-4-13(28)10-29/h8-9,11,13H,3-7,10H2,1-2H3/t13-/m1/s1. The van der Waals surface area contributed by atoms with Crippen molar-refractivity contribution in [3.05, 3.63) is 35.4 Å². The first-order valence-corrected chi connectivity index (χ1v) is 10.2. The van der Waals surface area contributed by atoms with Crippen LogP contribution in [-0.4, -0.2) is 72.3 Å². The highest BCUT2D eigenvalue weighted by Crippen LogP contribution is 2.33. The van der Waals surface area contributed by atoms with E-state index in [-0.39, 0.29) is 22.9 Å². The van der Waals surface area contributed by atoms with E-state index in [2.05, 4.69) is 20.1 Å². The molecule has 5 heterocycles. The summed E-state index contributed by atoms with van der Waals surface area (Å²) in [4.78, 5) is 21.5. The van der Waals surface area contributed by atoms with Crippen molar-refractivity contribution >= 4 is 11.6 Å². The van der Waals surface area contributed by atoms with Gasteiger partial charge in [0.25, 0.3) is 5.91 Å². The minimum Gasteiger partial charge on any atom is -0.334 e. The Morgan fingerprint density at radius 2 is 1.97 bits per heavy atom. The molecule has 3 aromatic heterocycles. The molecule has 0 radical (unpaired) electrons. The lowest BCUT2D eigenvalue weighted by Gasteiger charge is -2.37. The number of rotatable bonds is 2. The Bertz CT molecular complexity index is 1170. The van der Waals surface area contributed by atoms with Crippen molar-refractivity contribution in [1.82, 2.24) is 34.2 Å². The molecule has 0 N–H and O–H groups in total. The highest BCUT2D eigenvalue weighted by atomic mass is 19.4. The van der Waals surface area contributed by atoms with Gasteiger partial charge in [0.05, 0.1) is 11.4 Å². The molecule has 0 saturated carbocycles. The maximum absolute atomic E-state index is 13.8. The van der Waals surface area contributed by atoms with Crippen LogP contribution in [0.2, 0.25) is 0 Å². The predicted molar refractivity (Wildman–Crippen MR) is 105 cm³/mol. The van der Waals surface area contributed by atoms with Crippen LogP contribution >= 0.6 is 0 Å². The minimum absolute atomic E-state index is 0.0177. The smallest absolute Gasteiger partial charge is 0.334 e. The molecule has 11 heteroatoms. The molecular weight excluding hydrogens is 411 g/mol. The van der Waals surface area contributed by atoms with Gasteiger partial charge in [0.1, 0.15) is 0 Å². The average molecular weight is 433 g/mol. The van der Waals surface area contributed by atoms with Crippen LogP contribution in [0.25, 0.3) is 16.9 Å². The molecule has 2 aliphatic rings. The maximum Gasteiger partial charge on any atom is 0.433 e. The van der Waals surface area contributed by atoms with Gasteiger partial charge in [0.15, 0.2) is 17.0 Å². The molecule has 1 amide bonds. The molecule has 5 rings (SSSR count). The number of aryl methyl sites for hydroxylation is 2. The summed E-state index contributed by atoms with van der Waals surface area (Å²) < 4.78 is 43.7. The van der Waals surface area contributed by atoms with Crippen molar-refractivity contribution in [2.45, 2.75) is 32.0 Å². The number of nitrogens with zero attached hydrogens (tertiary/aromatic N) is 7. The topological polar surface area (TPSA) is 71.6 Å². The van der Waals surface area contributed by atoms with Crippen LogP contribution in [0.3, 0.4) is 0 Å². The highest BCUT2D eigenvalue weighted by molar-refractivity contribution is 5.93. The van der Waals surface area contributed by atoms with Crippen LogP contribution in [0.15, 0.2) is 18.3 Å². The van der Waals surface area contributed by atoms with E-state index in [9.17, 15) is 18.0 Å². The van der Waals surface area contributed by atoms with Gasteiger partial charge in [0, 0.05) is 50.6 Å². The van der Waals surface area contributed by atoms with E-state index in [4.69, 9.17) is 0 Å². The Hall–Kier alpha value is -2.95. The van der Waals surface area contributed by atoms with Crippen molar-refractivity contribution in [2.75, 3.05) is 26.2 Å². The minimum atomic E-state index is -4.66. The largest absolute Gasteiger partial charge is 0.433 e. The number of carbonyl (C=O) groups is 1. The van der Waals surface area contributed by atoms with Gasteiger partial charge in [0.2, 0.25) is 0 Å². The summed E-state index contributed by atoms with van der Waals surface area (Å²) in [6, 6.07) is 2.61. The predicted octanol–water partition coefficient (Wildman–Crippen LogP) is 2.38. The molecule has 164 valence electrons. The van der Waals surface area contributed by atoms with E-state index in [0.717, 1.165) is 32.0 Å². The van der Waals surface area contributed by atoms with Gasteiger partial charge in [-0.1, -0.05) is 0 Å². The van der Waals surface area contributed by atoms with Gasteiger partial charge in [-0.15, -0.1) is 0 Å². The number of aromatic nitrogens is 5. The molecule has 3 aromatic rings. The van der Waals surface area contributed by atoms with E-state index >= 15 is 0 Å². The quantitative estimate of drug-likeness (QED) is 0.621. The third-order valence-corrected chi connectivity index (χ3v) is 6.10. The van der Waals surface area contributed by atoms with Crippen LogP contribution in [-0.2, 0) is 13.2 Å². The monoisotopic (exact) mass is 433 g/mol. The van der Waals surface area contributed by atoms with Crippen molar-refractivity contribution in [1.29, 1.82) is 0 Å². The molecule has 1 atom stereocenters. The zero-order valence-electron chi connectivity index (χ0n) is 17.2. The third kappa shape index (κ3) is 3.46. The molecule has 0 bridgehead atoms. The van der Waals surface area contributed by atoms with Crippen molar-refractivity contribution in [3.8, 4) is 11.3 Å². The van der Waals surface area contributed by atoms with Gasteiger partial charge < -0.3 is 4.90 Å². The number of piperazine rings is 1. The summed E-state index contributed by atoms with van der Waals surface area (Å²) in [6.45, 7) is 4.65. The lowest BCUT2D eigenvalue weighted by molar-refractivity contribution is -0.142. The van der Waals surface area contributed by atoms with Gasteiger partial charge >= 0.3 is 6.18 Å². The van der Waals surface area contributed by atoms with Crippen molar-refractivity contribution < 1.29 is 18.0 Å². The zero-order valence-corrected chi connectivity index (χ0v) is 17.2. The summed E-state index contributed by atoms with van der Waals surface area (Å²) in [5.41, 5.74) is 0.194. The summed E-state index contributed by atoms with van der Waals surface area (Å²) in [6.07, 6.45) is -0.898. The molecule has 2 fully saturated rings. The van der Waals surface area contributed by atoms with E-state index in [1.807, 2.05) is 0 Å². The zero-order chi connectivity index (χ0) is 21.9. The fourth-order valence-electron chi connectivity index (χ4n) is 4.61. The van der Waals surface area contributed by atoms with E-state index in [1.54, 1.807) is 25.1 Å². The number of halogens is 3. The highest BCUT2D eigenvalue weighted by Gasteiger charge is 2.37. The van der Waals surface area contributed by atoms with Crippen LogP contribution < -0.4 is 0 Å². The van der Waals surface area contributed by atoms with Crippen LogP contribution in [0.1, 0.15) is 34.7 Å². The summed E-state index contributed by atoms with van der Waals surface area (Å²) in [5.74, 6) is -0.357. The molecule has 31 heavy (non-hydrogen) atoms. The van der Waals surface area contributed by atoms with Gasteiger partial charge in [-0.05, 0) is 32.4 Å². The van der Waals surface area contributed by atoms with Crippen molar-refractivity contribution in [2.24, 2.45) is 7.05 Å². The van der Waals surface area contributed by atoms with Gasteiger partial charge in [-0.25, -0.2) is 9.50 Å². The lowest BCUT2D eigenvalue weighted by atomic mass is 10.1. The first-order valence-electron chi connectivity index (χ1n) is 10.2. The summed E-state index contributed by atoms with van der Waals surface area (Å²) in [5, 5.41) is 8.20.